The van der Waals surface area contributed by atoms with Crippen LogP contribution in [-0.2, 0) is 4.79 Å². The number of Topliss-reactive ketones (excluding diaryl/α,β-unsaturated/α-hetero) is 1. The summed E-state index contributed by atoms with van der Waals surface area (Å²) < 4.78 is 0. The SMILES string of the molecule is CC(=O)[C@@H](C)C1CC[C@@]2(C)C3=C(CC[C@]12C)[C@@]1(C)CC[C@H](O)C(C)(C)C1CC3. The molecule has 28 heavy (non-hydrogen) atoms. The number of aliphatic hydroxyl groups is 1. The molecule has 0 spiro atoms. The van der Waals surface area contributed by atoms with E-state index in [-0.39, 0.29) is 33.7 Å². The highest BCUT2D eigenvalue weighted by molar-refractivity contribution is 5.78. The lowest BCUT2D eigenvalue weighted by Crippen LogP contribution is -2.55. The van der Waals surface area contributed by atoms with Gasteiger partial charge in [0.1, 0.15) is 5.78 Å². The summed E-state index contributed by atoms with van der Waals surface area (Å²) in [6, 6.07) is 0. The van der Waals surface area contributed by atoms with Gasteiger partial charge in [-0.3, -0.25) is 4.79 Å². The van der Waals surface area contributed by atoms with Crippen molar-refractivity contribution in [2.45, 2.75) is 106 Å². The second-order valence-corrected chi connectivity index (χ2v) is 12.1. The van der Waals surface area contributed by atoms with Gasteiger partial charge in [0, 0.05) is 5.92 Å². The molecule has 2 nitrogen and oxygen atoms in total. The highest BCUT2D eigenvalue weighted by Gasteiger charge is 2.63. The smallest absolute Gasteiger partial charge is 0.132 e. The van der Waals surface area contributed by atoms with E-state index in [1.54, 1.807) is 18.1 Å². The van der Waals surface area contributed by atoms with Crippen LogP contribution in [0.15, 0.2) is 11.1 Å². The van der Waals surface area contributed by atoms with Crippen LogP contribution >= 0.6 is 0 Å². The van der Waals surface area contributed by atoms with Crippen molar-refractivity contribution in [3.8, 4) is 0 Å². The van der Waals surface area contributed by atoms with E-state index in [4.69, 9.17) is 0 Å². The van der Waals surface area contributed by atoms with Crippen LogP contribution in [0.1, 0.15) is 99.8 Å². The number of allylic oxidation sites excluding steroid dienone is 2. The normalized spacial score (nSPS) is 48.5. The predicted octanol–water partition coefficient (Wildman–Crippen LogP) is 6.32. The minimum atomic E-state index is -0.163. The lowest BCUT2D eigenvalue weighted by Gasteiger charge is -2.62. The molecule has 2 unspecified atom stereocenters. The summed E-state index contributed by atoms with van der Waals surface area (Å²) in [5.74, 6) is 1.67. The summed E-state index contributed by atoms with van der Waals surface area (Å²) in [6.45, 7) is 16.2. The van der Waals surface area contributed by atoms with Crippen molar-refractivity contribution in [3.63, 3.8) is 0 Å². The molecule has 0 aromatic rings. The third kappa shape index (κ3) is 2.39. The van der Waals surface area contributed by atoms with Gasteiger partial charge in [0.2, 0.25) is 0 Å². The molecule has 2 saturated carbocycles. The van der Waals surface area contributed by atoms with Gasteiger partial charge < -0.3 is 5.11 Å². The number of ketones is 1. The maximum atomic E-state index is 12.2. The van der Waals surface area contributed by atoms with Gasteiger partial charge >= 0.3 is 0 Å². The van der Waals surface area contributed by atoms with Crippen molar-refractivity contribution in [2.75, 3.05) is 0 Å². The number of aliphatic hydroxyl groups excluding tert-OH is 1. The maximum absolute atomic E-state index is 12.2. The number of rotatable bonds is 2. The van der Waals surface area contributed by atoms with Crippen LogP contribution in [0.25, 0.3) is 0 Å². The standard InChI is InChI=1S/C26H42O2/c1-16(17(2)27)18-10-14-26(7)20-8-9-21-23(3,4)22(28)12-13-24(21,5)19(20)11-15-25(18,26)6/h16,18,21-22,28H,8-15H2,1-7H3/t16-,18?,21?,22+,24-,25-,26+/m1/s1. The fourth-order valence-corrected chi connectivity index (χ4v) is 8.80. The predicted molar refractivity (Wildman–Crippen MR) is 115 cm³/mol. The highest BCUT2D eigenvalue weighted by atomic mass is 16.3. The van der Waals surface area contributed by atoms with Crippen molar-refractivity contribution in [1.29, 1.82) is 0 Å². The molecule has 158 valence electrons. The molecule has 4 aliphatic carbocycles. The highest BCUT2D eigenvalue weighted by Crippen LogP contribution is 2.72. The van der Waals surface area contributed by atoms with Crippen LogP contribution in [0, 0.1) is 39.4 Å². The molecule has 0 bridgehead atoms. The number of carbonyl (C=O) groups is 1. The van der Waals surface area contributed by atoms with Crippen LogP contribution in [0.4, 0.5) is 0 Å². The third-order valence-corrected chi connectivity index (χ3v) is 11.0. The Balaban J connectivity index is 1.77. The van der Waals surface area contributed by atoms with E-state index >= 15 is 0 Å². The summed E-state index contributed by atoms with van der Waals surface area (Å²) in [4.78, 5) is 12.2. The Kier molecular flexibility index (Phi) is 4.56. The van der Waals surface area contributed by atoms with Gasteiger partial charge in [0.05, 0.1) is 6.10 Å². The Morgan fingerprint density at radius 1 is 0.964 bits per heavy atom. The Labute approximate surface area is 172 Å². The molecular formula is C26H42O2. The van der Waals surface area contributed by atoms with E-state index < -0.39 is 0 Å². The molecule has 0 radical (unpaired) electrons. The van der Waals surface area contributed by atoms with E-state index in [1.165, 1.54) is 38.5 Å². The molecule has 2 heteroatoms. The largest absolute Gasteiger partial charge is 0.393 e. The molecule has 0 aromatic carbocycles. The van der Waals surface area contributed by atoms with E-state index in [9.17, 15) is 9.90 Å². The first-order valence-electron chi connectivity index (χ1n) is 11.8. The number of carbonyl (C=O) groups excluding carboxylic acids is 1. The first-order chi connectivity index (χ1) is 12.9. The summed E-state index contributed by atoms with van der Waals surface area (Å²) >= 11 is 0. The zero-order valence-electron chi connectivity index (χ0n) is 19.3. The van der Waals surface area contributed by atoms with Gasteiger partial charge in [-0.25, -0.2) is 0 Å². The van der Waals surface area contributed by atoms with Crippen molar-refractivity contribution in [3.05, 3.63) is 11.1 Å². The lowest BCUT2D eigenvalue weighted by molar-refractivity contribution is -0.124. The van der Waals surface area contributed by atoms with Gasteiger partial charge in [-0.1, -0.05) is 52.7 Å². The Morgan fingerprint density at radius 3 is 2.29 bits per heavy atom. The molecule has 0 heterocycles. The monoisotopic (exact) mass is 386 g/mol. The third-order valence-electron chi connectivity index (χ3n) is 11.0. The molecular weight excluding hydrogens is 344 g/mol. The summed E-state index contributed by atoms with van der Waals surface area (Å²) in [5.41, 5.74) is 4.30. The minimum Gasteiger partial charge on any atom is -0.393 e. The van der Waals surface area contributed by atoms with Crippen LogP contribution in [0.3, 0.4) is 0 Å². The van der Waals surface area contributed by atoms with Gasteiger partial charge in [-0.05, 0) is 91.8 Å². The molecule has 7 atom stereocenters. The summed E-state index contributed by atoms with van der Waals surface area (Å²) in [6.07, 6.45) is 9.24. The number of fused-ring (bicyclic) bond motifs is 4. The molecule has 0 aromatic heterocycles. The quantitative estimate of drug-likeness (QED) is 0.564. The molecule has 0 aliphatic heterocycles. The van der Waals surface area contributed by atoms with Gasteiger partial charge in [0.25, 0.3) is 0 Å². The van der Waals surface area contributed by atoms with E-state index in [0.717, 1.165) is 12.8 Å². The molecule has 4 aliphatic rings. The van der Waals surface area contributed by atoms with Gasteiger partial charge in [0.15, 0.2) is 0 Å². The van der Waals surface area contributed by atoms with Gasteiger partial charge in [-0.15, -0.1) is 0 Å². The molecule has 2 fully saturated rings. The number of hydrogen-bond donors (Lipinski definition) is 1. The fraction of sp³-hybridized carbons (Fsp3) is 0.885. The zero-order valence-corrected chi connectivity index (χ0v) is 19.3. The average molecular weight is 387 g/mol. The second kappa shape index (κ2) is 6.19. The van der Waals surface area contributed by atoms with Crippen LogP contribution in [-0.4, -0.2) is 17.0 Å². The molecule has 1 N–H and O–H groups in total. The molecule has 4 rings (SSSR count). The summed E-state index contributed by atoms with van der Waals surface area (Å²) in [5, 5.41) is 10.7. The van der Waals surface area contributed by atoms with Crippen molar-refractivity contribution in [1.82, 2.24) is 0 Å². The maximum Gasteiger partial charge on any atom is 0.132 e. The van der Waals surface area contributed by atoms with Crippen molar-refractivity contribution < 1.29 is 9.90 Å². The van der Waals surface area contributed by atoms with Crippen LogP contribution in [0.2, 0.25) is 0 Å². The van der Waals surface area contributed by atoms with E-state index in [0.29, 0.717) is 17.6 Å². The van der Waals surface area contributed by atoms with Crippen molar-refractivity contribution in [2.24, 2.45) is 39.4 Å². The Bertz CT molecular complexity index is 718. The van der Waals surface area contributed by atoms with Crippen LogP contribution in [0.5, 0.6) is 0 Å². The molecule has 0 saturated heterocycles. The fourth-order valence-electron chi connectivity index (χ4n) is 8.80. The van der Waals surface area contributed by atoms with Gasteiger partial charge in [-0.2, -0.15) is 0 Å². The topological polar surface area (TPSA) is 37.3 Å². The first kappa shape index (κ1) is 20.6. The second-order valence-electron chi connectivity index (χ2n) is 12.1. The Morgan fingerprint density at radius 2 is 1.64 bits per heavy atom. The van der Waals surface area contributed by atoms with Crippen LogP contribution < -0.4 is 0 Å². The zero-order chi connectivity index (χ0) is 20.7. The van der Waals surface area contributed by atoms with E-state index in [2.05, 4.69) is 41.5 Å². The summed E-state index contributed by atoms with van der Waals surface area (Å²) in [7, 11) is 0. The lowest BCUT2D eigenvalue weighted by atomic mass is 9.43. The molecule has 0 amide bonds. The average Bonchev–Trinajstić information content (AvgIpc) is 2.90. The number of hydrogen-bond acceptors (Lipinski definition) is 2. The first-order valence-corrected chi connectivity index (χ1v) is 11.8. The minimum absolute atomic E-state index is 0.00847. The Hall–Kier alpha value is -0.630. The van der Waals surface area contributed by atoms with E-state index in [1.807, 2.05) is 0 Å². The van der Waals surface area contributed by atoms with Crippen molar-refractivity contribution >= 4 is 5.78 Å².